The molecule has 1 aromatic carbocycles. The first kappa shape index (κ1) is 14.0. The highest BCUT2D eigenvalue weighted by Crippen LogP contribution is 2.34. The molecule has 2 aromatic heterocycles. The van der Waals surface area contributed by atoms with Gasteiger partial charge in [0.1, 0.15) is 4.70 Å². The highest BCUT2D eigenvalue weighted by atomic mass is 32.2. The van der Waals surface area contributed by atoms with Gasteiger partial charge in [-0.15, -0.1) is 11.3 Å². The van der Waals surface area contributed by atoms with Crippen LogP contribution in [-0.2, 0) is 6.54 Å². The van der Waals surface area contributed by atoms with Gasteiger partial charge in [-0.1, -0.05) is 42.1 Å². The summed E-state index contributed by atoms with van der Waals surface area (Å²) in [5.41, 5.74) is 2.05. The fraction of sp³-hybridized carbons (Fsp3) is 0.294. The molecular formula is C17H16N2OS2. The van der Waals surface area contributed by atoms with E-state index in [1.165, 1.54) is 24.2 Å². The highest BCUT2D eigenvalue weighted by Gasteiger charge is 2.23. The van der Waals surface area contributed by atoms with Crippen molar-refractivity contribution < 1.29 is 0 Å². The molecule has 0 N–H and O–H groups in total. The predicted molar refractivity (Wildman–Crippen MR) is 92.9 cm³/mol. The van der Waals surface area contributed by atoms with E-state index in [9.17, 15) is 4.79 Å². The molecule has 0 saturated heterocycles. The second-order valence-electron chi connectivity index (χ2n) is 5.66. The third kappa shape index (κ3) is 2.83. The Balaban J connectivity index is 1.76. The molecule has 0 spiro atoms. The van der Waals surface area contributed by atoms with Crippen molar-refractivity contribution in [1.29, 1.82) is 0 Å². The summed E-state index contributed by atoms with van der Waals surface area (Å²) >= 11 is 3.20. The van der Waals surface area contributed by atoms with Gasteiger partial charge in [0, 0.05) is 5.75 Å². The lowest BCUT2D eigenvalue weighted by Crippen LogP contribution is -2.23. The highest BCUT2D eigenvalue weighted by molar-refractivity contribution is 7.99. The quantitative estimate of drug-likeness (QED) is 0.524. The molecule has 0 bridgehead atoms. The number of rotatable bonds is 5. The zero-order valence-electron chi connectivity index (χ0n) is 12.1. The zero-order valence-corrected chi connectivity index (χ0v) is 13.7. The first-order chi connectivity index (χ1) is 10.8. The average Bonchev–Trinajstić information content (AvgIpc) is 3.25. The Hall–Kier alpha value is -1.59. The molecule has 4 rings (SSSR count). The minimum Gasteiger partial charge on any atom is -0.282 e. The molecule has 3 aromatic rings. The first-order valence-corrected chi connectivity index (χ1v) is 9.32. The third-order valence-corrected chi connectivity index (χ3v) is 5.96. The molecule has 0 aliphatic heterocycles. The smallest absolute Gasteiger partial charge is 0.272 e. The molecule has 3 nitrogen and oxygen atoms in total. The summed E-state index contributed by atoms with van der Waals surface area (Å²) in [6.07, 6.45) is 2.63. The van der Waals surface area contributed by atoms with Crippen molar-refractivity contribution in [1.82, 2.24) is 9.55 Å². The molecule has 2 heterocycles. The van der Waals surface area contributed by atoms with Crippen molar-refractivity contribution in [3.05, 3.63) is 57.7 Å². The van der Waals surface area contributed by atoms with E-state index >= 15 is 0 Å². The van der Waals surface area contributed by atoms with Crippen molar-refractivity contribution in [3.63, 3.8) is 0 Å². The van der Waals surface area contributed by atoms with Crippen LogP contribution in [0.5, 0.6) is 0 Å². The van der Waals surface area contributed by atoms with Crippen LogP contribution < -0.4 is 5.56 Å². The van der Waals surface area contributed by atoms with Crippen molar-refractivity contribution in [2.75, 3.05) is 5.75 Å². The molecule has 0 atom stereocenters. The predicted octanol–water partition coefficient (Wildman–Crippen LogP) is 4.01. The van der Waals surface area contributed by atoms with Crippen LogP contribution in [0.4, 0.5) is 0 Å². The van der Waals surface area contributed by atoms with E-state index in [-0.39, 0.29) is 5.56 Å². The van der Waals surface area contributed by atoms with Crippen LogP contribution in [0.3, 0.4) is 0 Å². The molecule has 5 heteroatoms. The van der Waals surface area contributed by atoms with E-state index in [1.807, 2.05) is 34.2 Å². The maximum absolute atomic E-state index is 12.8. The summed E-state index contributed by atoms with van der Waals surface area (Å²) in [4.78, 5) is 17.5. The Bertz CT molecular complexity index is 850. The van der Waals surface area contributed by atoms with Gasteiger partial charge >= 0.3 is 0 Å². The molecule has 112 valence electrons. The number of thiophene rings is 1. The number of aromatic nitrogens is 2. The summed E-state index contributed by atoms with van der Waals surface area (Å²) in [5.74, 6) is 1.88. The van der Waals surface area contributed by atoms with E-state index in [0.717, 1.165) is 32.6 Å². The van der Waals surface area contributed by atoms with E-state index in [4.69, 9.17) is 4.98 Å². The minimum absolute atomic E-state index is 0.0853. The maximum Gasteiger partial charge on any atom is 0.272 e. The van der Waals surface area contributed by atoms with Crippen LogP contribution >= 0.6 is 23.1 Å². The number of benzene rings is 1. The SMILES string of the molecule is O=c1c2sccc2nc(SCC2CC2)n1Cc1ccccc1. The molecule has 1 saturated carbocycles. The largest absolute Gasteiger partial charge is 0.282 e. The average molecular weight is 328 g/mol. The lowest BCUT2D eigenvalue weighted by atomic mass is 10.2. The van der Waals surface area contributed by atoms with Gasteiger partial charge in [0.25, 0.3) is 5.56 Å². The van der Waals surface area contributed by atoms with Crippen LogP contribution in [-0.4, -0.2) is 15.3 Å². The Morgan fingerprint density at radius 2 is 2.05 bits per heavy atom. The monoisotopic (exact) mass is 328 g/mol. The lowest BCUT2D eigenvalue weighted by Gasteiger charge is -2.12. The molecular weight excluding hydrogens is 312 g/mol. The second-order valence-corrected chi connectivity index (χ2v) is 7.56. The Morgan fingerprint density at radius 1 is 1.23 bits per heavy atom. The van der Waals surface area contributed by atoms with Crippen LogP contribution in [0.25, 0.3) is 10.2 Å². The summed E-state index contributed by atoms with van der Waals surface area (Å²) in [5, 5.41) is 2.80. The number of nitrogens with zero attached hydrogens (tertiary/aromatic N) is 2. The number of thioether (sulfide) groups is 1. The van der Waals surface area contributed by atoms with Crippen molar-refractivity contribution >= 4 is 33.3 Å². The standard InChI is InChI=1S/C17H16N2OS2/c20-16-15-14(8-9-21-15)18-17(22-11-13-6-7-13)19(16)10-12-4-2-1-3-5-12/h1-5,8-9,13H,6-7,10-11H2. The van der Waals surface area contributed by atoms with E-state index in [1.54, 1.807) is 11.8 Å². The summed E-state index contributed by atoms with van der Waals surface area (Å²) in [6, 6.07) is 12.1. The second kappa shape index (κ2) is 5.89. The molecule has 1 aliphatic carbocycles. The van der Waals surface area contributed by atoms with Gasteiger partial charge in [-0.05, 0) is 35.8 Å². The molecule has 0 unspecified atom stereocenters. The van der Waals surface area contributed by atoms with Crippen molar-refractivity contribution in [2.45, 2.75) is 24.5 Å². The molecule has 1 aliphatic rings. The van der Waals surface area contributed by atoms with Crippen molar-refractivity contribution in [2.24, 2.45) is 5.92 Å². The van der Waals surface area contributed by atoms with Gasteiger partial charge in [-0.25, -0.2) is 4.98 Å². The van der Waals surface area contributed by atoms with Gasteiger partial charge in [0.2, 0.25) is 0 Å². The third-order valence-electron chi connectivity index (χ3n) is 3.86. The molecule has 1 fully saturated rings. The summed E-state index contributed by atoms with van der Waals surface area (Å²) < 4.78 is 2.59. The first-order valence-electron chi connectivity index (χ1n) is 7.46. The lowest BCUT2D eigenvalue weighted by molar-refractivity contribution is 0.659. The van der Waals surface area contributed by atoms with Crippen LogP contribution in [0, 0.1) is 5.92 Å². The van der Waals surface area contributed by atoms with Gasteiger partial charge in [-0.3, -0.25) is 9.36 Å². The van der Waals surface area contributed by atoms with Gasteiger partial charge in [0.15, 0.2) is 5.16 Å². The minimum atomic E-state index is 0.0853. The van der Waals surface area contributed by atoms with E-state index in [0.29, 0.717) is 6.54 Å². The zero-order chi connectivity index (χ0) is 14.9. The van der Waals surface area contributed by atoms with Gasteiger partial charge < -0.3 is 0 Å². The fourth-order valence-corrected chi connectivity index (χ4v) is 4.38. The Labute approximate surface area is 137 Å². The summed E-state index contributed by atoms with van der Waals surface area (Å²) in [6.45, 7) is 0.591. The topological polar surface area (TPSA) is 34.9 Å². The molecule has 0 amide bonds. The number of fused-ring (bicyclic) bond motifs is 1. The van der Waals surface area contributed by atoms with Gasteiger partial charge in [0.05, 0.1) is 12.1 Å². The fourth-order valence-electron chi connectivity index (χ4n) is 2.42. The molecule has 22 heavy (non-hydrogen) atoms. The Morgan fingerprint density at radius 3 is 2.82 bits per heavy atom. The van der Waals surface area contributed by atoms with Gasteiger partial charge in [-0.2, -0.15) is 0 Å². The number of hydrogen-bond donors (Lipinski definition) is 0. The number of hydrogen-bond acceptors (Lipinski definition) is 4. The van der Waals surface area contributed by atoms with Crippen LogP contribution in [0.15, 0.2) is 51.7 Å². The molecule has 0 radical (unpaired) electrons. The normalized spacial score (nSPS) is 14.5. The Kier molecular flexibility index (Phi) is 3.76. The van der Waals surface area contributed by atoms with Crippen LogP contribution in [0.2, 0.25) is 0 Å². The van der Waals surface area contributed by atoms with Crippen molar-refractivity contribution in [3.8, 4) is 0 Å². The maximum atomic E-state index is 12.8. The van der Waals surface area contributed by atoms with E-state index in [2.05, 4.69) is 12.1 Å². The van der Waals surface area contributed by atoms with Crippen LogP contribution in [0.1, 0.15) is 18.4 Å². The van der Waals surface area contributed by atoms with E-state index < -0.39 is 0 Å². The summed E-state index contributed by atoms with van der Waals surface area (Å²) in [7, 11) is 0.